The van der Waals surface area contributed by atoms with Crippen LogP contribution in [0.1, 0.15) is 33.6 Å². The molecule has 0 spiro atoms. The SMILES string of the molecule is COc1ccc(NC(=O)C[NH+]2C[C@H]3CC[C@](C)(C2)C3(C)C)cc1. The molecule has 0 radical (unpaired) electrons. The number of methoxy groups -OCH3 is 1. The van der Waals surface area contributed by atoms with Crippen LogP contribution in [-0.2, 0) is 4.79 Å². The van der Waals surface area contributed by atoms with Gasteiger partial charge in [0.1, 0.15) is 5.75 Å². The van der Waals surface area contributed by atoms with Crippen molar-refractivity contribution in [2.24, 2.45) is 16.7 Å². The summed E-state index contributed by atoms with van der Waals surface area (Å²) < 4.78 is 5.14. The van der Waals surface area contributed by atoms with Crippen molar-refractivity contribution in [3.8, 4) is 5.75 Å². The predicted octanol–water partition coefficient (Wildman–Crippen LogP) is 1.97. The van der Waals surface area contributed by atoms with E-state index in [0.717, 1.165) is 30.4 Å². The number of nitrogens with one attached hydrogen (secondary N) is 2. The molecule has 1 saturated carbocycles. The van der Waals surface area contributed by atoms with Crippen LogP contribution in [0.25, 0.3) is 0 Å². The predicted molar refractivity (Wildman–Crippen MR) is 91.8 cm³/mol. The highest BCUT2D eigenvalue weighted by molar-refractivity contribution is 5.91. The summed E-state index contributed by atoms with van der Waals surface area (Å²) >= 11 is 0. The summed E-state index contributed by atoms with van der Waals surface area (Å²) in [5, 5.41) is 3.01. The topological polar surface area (TPSA) is 42.8 Å². The van der Waals surface area contributed by atoms with Crippen LogP contribution in [0.4, 0.5) is 5.69 Å². The summed E-state index contributed by atoms with van der Waals surface area (Å²) in [6.45, 7) is 10.0. The minimum absolute atomic E-state index is 0.105. The third kappa shape index (κ3) is 2.97. The molecule has 1 aromatic rings. The number of benzene rings is 1. The van der Waals surface area contributed by atoms with Crippen molar-refractivity contribution in [2.45, 2.75) is 33.6 Å². The summed E-state index contributed by atoms with van der Waals surface area (Å²) in [4.78, 5) is 13.8. The van der Waals surface area contributed by atoms with Crippen LogP contribution < -0.4 is 15.0 Å². The summed E-state index contributed by atoms with van der Waals surface area (Å²) in [6, 6.07) is 7.51. The minimum atomic E-state index is 0.105. The smallest absolute Gasteiger partial charge is 0.279 e. The molecule has 1 saturated heterocycles. The molecule has 2 aliphatic rings. The first-order valence-corrected chi connectivity index (χ1v) is 8.61. The van der Waals surface area contributed by atoms with Crippen LogP contribution >= 0.6 is 0 Å². The molecule has 1 aliphatic heterocycles. The van der Waals surface area contributed by atoms with Crippen LogP contribution in [0.15, 0.2) is 24.3 Å². The number of amides is 1. The normalized spacial score (nSPS) is 31.7. The Morgan fingerprint density at radius 1 is 1.30 bits per heavy atom. The number of hydrogen-bond donors (Lipinski definition) is 2. The Hall–Kier alpha value is -1.55. The number of carbonyl (C=O) groups is 1. The summed E-state index contributed by atoms with van der Waals surface area (Å²) in [5.74, 6) is 1.65. The van der Waals surface area contributed by atoms with E-state index in [4.69, 9.17) is 4.74 Å². The number of hydrogen-bond acceptors (Lipinski definition) is 2. The van der Waals surface area contributed by atoms with E-state index in [2.05, 4.69) is 26.1 Å². The van der Waals surface area contributed by atoms with Gasteiger partial charge in [-0.2, -0.15) is 0 Å². The Bertz CT molecular complexity index is 582. The van der Waals surface area contributed by atoms with E-state index < -0.39 is 0 Å². The van der Waals surface area contributed by atoms with E-state index in [-0.39, 0.29) is 5.91 Å². The van der Waals surface area contributed by atoms with Gasteiger partial charge >= 0.3 is 0 Å². The van der Waals surface area contributed by atoms with Gasteiger partial charge in [0.25, 0.3) is 5.91 Å². The summed E-state index contributed by atoms with van der Waals surface area (Å²) in [6.07, 6.45) is 2.61. The van der Waals surface area contributed by atoms with Crippen molar-refractivity contribution in [3.05, 3.63) is 24.3 Å². The molecular formula is C19H29N2O2+. The molecule has 126 valence electrons. The van der Waals surface area contributed by atoms with Gasteiger partial charge in [-0.05, 0) is 42.5 Å². The third-order valence-corrected chi connectivity index (χ3v) is 6.58. The molecule has 2 N–H and O–H groups in total. The monoisotopic (exact) mass is 317 g/mol. The zero-order chi connectivity index (χ0) is 16.7. The first kappa shape index (κ1) is 16.3. The standard InChI is InChI=1S/C19H28N2O2/c1-18(2)14-9-10-19(18,3)13-21(11-14)12-17(22)20-15-5-7-16(23-4)8-6-15/h5-8,14H,9-13H2,1-4H3,(H,20,22)/p+1/t14-,19-/m1/s1. The maximum Gasteiger partial charge on any atom is 0.279 e. The second-order valence-corrected chi connectivity index (χ2v) is 8.10. The first-order valence-electron chi connectivity index (χ1n) is 8.61. The van der Waals surface area contributed by atoms with E-state index in [9.17, 15) is 4.79 Å². The second kappa shape index (κ2) is 5.82. The Morgan fingerprint density at radius 2 is 2.00 bits per heavy atom. The minimum Gasteiger partial charge on any atom is -0.497 e. The van der Waals surface area contributed by atoms with Gasteiger partial charge in [-0.1, -0.05) is 20.8 Å². The molecule has 2 fully saturated rings. The van der Waals surface area contributed by atoms with Crippen molar-refractivity contribution >= 4 is 11.6 Å². The molecule has 2 bridgehead atoms. The van der Waals surface area contributed by atoms with Crippen molar-refractivity contribution < 1.29 is 14.4 Å². The number of carbonyl (C=O) groups excluding carboxylic acids is 1. The van der Waals surface area contributed by atoms with E-state index in [1.807, 2.05) is 24.3 Å². The zero-order valence-corrected chi connectivity index (χ0v) is 14.7. The van der Waals surface area contributed by atoms with Gasteiger partial charge in [0.15, 0.2) is 6.54 Å². The van der Waals surface area contributed by atoms with Gasteiger partial charge in [0.2, 0.25) is 0 Å². The summed E-state index contributed by atoms with van der Waals surface area (Å²) in [5.41, 5.74) is 1.61. The second-order valence-electron chi connectivity index (χ2n) is 8.10. The number of anilines is 1. The fourth-order valence-corrected chi connectivity index (χ4v) is 4.56. The van der Waals surface area contributed by atoms with Gasteiger partial charge < -0.3 is 15.0 Å². The largest absolute Gasteiger partial charge is 0.497 e. The molecule has 1 aliphatic carbocycles. The highest BCUT2D eigenvalue weighted by atomic mass is 16.5. The van der Waals surface area contributed by atoms with Crippen LogP contribution in [0.3, 0.4) is 0 Å². The van der Waals surface area contributed by atoms with Gasteiger partial charge in [-0.25, -0.2) is 0 Å². The molecule has 3 rings (SSSR count). The lowest BCUT2D eigenvalue weighted by Crippen LogP contribution is -3.16. The van der Waals surface area contributed by atoms with Crippen LogP contribution in [-0.4, -0.2) is 32.7 Å². The molecule has 1 unspecified atom stereocenters. The maximum absolute atomic E-state index is 12.4. The molecule has 4 heteroatoms. The fraction of sp³-hybridized carbons (Fsp3) is 0.632. The van der Waals surface area contributed by atoms with Gasteiger partial charge in [0.05, 0.1) is 20.2 Å². The van der Waals surface area contributed by atoms with E-state index >= 15 is 0 Å². The molecule has 1 heterocycles. The number of quaternary nitrogens is 1. The number of likely N-dealkylation sites (tertiary alicyclic amines) is 1. The first-order chi connectivity index (χ1) is 10.8. The van der Waals surface area contributed by atoms with Crippen LogP contribution in [0.5, 0.6) is 5.75 Å². The molecular weight excluding hydrogens is 288 g/mol. The number of fused-ring (bicyclic) bond motifs is 2. The Kier molecular flexibility index (Phi) is 4.13. The van der Waals surface area contributed by atoms with Crippen molar-refractivity contribution in [3.63, 3.8) is 0 Å². The lowest BCUT2D eigenvalue weighted by molar-refractivity contribution is -0.910. The van der Waals surface area contributed by atoms with E-state index in [1.165, 1.54) is 17.7 Å². The van der Waals surface area contributed by atoms with Crippen molar-refractivity contribution in [1.82, 2.24) is 0 Å². The Labute approximate surface area is 139 Å². The summed E-state index contributed by atoms with van der Waals surface area (Å²) in [7, 11) is 1.64. The maximum atomic E-state index is 12.4. The van der Waals surface area contributed by atoms with Gasteiger partial charge in [-0.3, -0.25) is 4.79 Å². The fourth-order valence-electron chi connectivity index (χ4n) is 4.56. The van der Waals surface area contributed by atoms with Gasteiger partial charge in [-0.15, -0.1) is 0 Å². The number of rotatable bonds is 4. The molecule has 4 nitrogen and oxygen atoms in total. The third-order valence-electron chi connectivity index (χ3n) is 6.58. The molecule has 1 amide bonds. The van der Waals surface area contributed by atoms with E-state index in [0.29, 0.717) is 17.4 Å². The van der Waals surface area contributed by atoms with Gasteiger partial charge in [0, 0.05) is 17.0 Å². The van der Waals surface area contributed by atoms with E-state index in [1.54, 1.807) is 7.11 Å². The van der Waals surface area contributed by atoms with Crippen LogP contribution in [0, 0.1) is 16.7 Å². The zero-order valence-electron chi connectivity index (χ0n) is 14.7. The average Bonchev–Trinajstić information content (AvgIpc) is 2.64. The quantitative estimate of drug-likeness (QED) is 0.892. The van der Waals surface area contributed by atoms with Crippen molar-refractivity contribution in [2.75, 3.05) is 32.1 Å². The molecule has 0 aromatic heterocycles. The highest BCUT2D eigenvalue weighted by Gasteiger charge is 2.57. The number of piperidine rings is 1. The Balaban J connectivity index is 1.58. The van der Waals surface area contributed by atoms with Crippen molar-refractivity contribution in [1.29, 1.82) is 0 Å². The molecule has 3 atom stereocenters. The highest BCUT2D eigenvalue weighted by Crippen LogP contribution is 2.56. The van der Waals surface area contributed by atoms with Crippen LogP contribution in [0.2, 0.25) is 0 Å². The Morgan fingerprint density at radius 3 is 2.61 bits per heavy atom. The average molecular weight is 317 g/mol. The number of ether oxygens (including phenoxy) is 1. The lowest BCUT2D eigenvalue weighted by atomic mass is 9.63. The lowest BCUT2D eigenvalue weighted by Gasteiger charge is -2.47. The molecule has 23 heavy (non-hydrogen) atoms. The molecule has 1 aromatic carbocycles.